The number of anilines is 1. The molecule has 0 aliphatic carbocycles. The third-order valence-corrected chi connectivity index (χ3v) is 2.65. The van der Waals surface area contributed by atoms with Gasteiger partial charge in [-0.2, -0.15) is 0 Å². The van der Waals surface area contributed by atoms with Crippen LogP contribution in [-0.2, 0) is 0 Å². The van der Waals surface area contributed by atoms with Gasteiger partial charge in [-0.25, -0.2) is 13.2 Å². The highest BCUT2D eigenvalue weighted by Gasteiger charge is 2.08. The van der Waals surface area contributed by atoms with Gasteiger partial charge in [0.15, 0.2) is 11.6 Å². The Morgan fingerprint density at radius 2 is 1.72 bits per heavy atom. The van der Waals surface area contributed by atoms with E-state index >= 15 is 0 Å². The normalized spacial score (nSPS) is 12.2. The Kier molecular flexibility index (Phi) is 3.55. The zero-order valence-electron chi connectivity index (χ0n) is 9.75. The van der Waals surface area contributed by atoms with Crippen molar-refractivity contribution >= 4 is 5.69 Å². The molecule has 0 aliphatic rings. The Labute approximate surface area is 103 Å². The van der Waals surface area contributed by atoms with E-state index < -0.39 is 11.6 Å². The van der Waals surface area contributed by atoms with Crippen molar-refractivity contribution in [3.05, 3.63) is 65.5 Å². The Balaban J connectivity index is 2.16. The molecule has 94 valence electrons. The van der Waals surface area contributed by atoms with E-state index in [9.17, 15) is 13.2 Å². The Morgan fingerprint density at radius 1 is 0.944 bits per heavy atom. The van der Waals surface area contributed by atoms with Gasteiger partial charge in [0.05, 0.1) is 0 Å². The molecular weight excluding hydrogens is 239 g/mol. The summed E-state index contributed by atoms with van der Waals surface area (Å²) in [6.45, 7) is 1.82. The molecule has 1 atom stereocenters. The summed E-state index contributed by atoms with van der Waals surface area (Å²) in [6, 6.07) is 9.49. The van der Waals surface area contributed by atoms with E-state index in [2.05, 4.69) is 5.32 Å². The minimum absolute atomic E-state index is 0.203. The van der Waals surface area contributed by atoms with Crippen LogP contribution >= 0.6 is 0 Å². The quantitative estimate of drug-likeness (QED) is 0.858. The number of nitrogens with one attached hydrogen (secondary N) is 1. The molecule has 1 nitrogen and oxygen atoms in total. The van der Waals surface area contributed by atoms with Gasteiger partial charge in [0.25, 0.3) is 0 Å². The second kappa shape index (κ2) is 5.12. The van der Waals surface area contributed by atoms with Gasteiger partial charge < -0.3 is 5.32 Å². The fourth-order valence-electron chi connectivity index (χ4n) is 1.70. The van der Waals surface area contributed by atoms with E-state index in [1.54, 1.807) is 12.1 Å². The largest absolute Gasteiger partial charge is 0.378 e. The Hall–Kier alpha value is -1.97. The van der Waals surface area contributed by atoms with Gasteiger partial charge >= 0.3 is 0 Å². The van der Waals surface area contributed by atoms with Gasteiger partial charge in [0, 0.05) is 17.8 Å². The summed E-state index contributed by atoms with van der Waals surface area (Å²) in [6.07, 6.45) is 0. The lowest BCUT2D eigenvalue weighted by Gasteiger charge is -2.15. The molecule has 1 N–H and O–H groups in total. The molecule has 0 saturated heterocycles. The van der Waals surface area contributed by atoms with Crippen LogP contribution in [0.5, 0.6) is 0 Å². The van der Waals surface area contributed by atoms with Crippen molar-refractivity contribution in [2.45, 2.75) is 13.0 Å². The molecule has 0 aliphatic heterocycles. The SMILES string of the molecule is CC(Nc1ccc(F)c(F)c1)c1cccc(F)c1. The number of hydrogen-bond donors (Lipinski definition) is 1. The molecule has 0 aromatic heterocycles. The van der Waals surface area contributed by atoms with E-state index in [-0.39, 0.29) is 11.9 Å². The van der Waals surface area contributed by atoms with Crippen LogP contribution in [0, 0.1) is 17.5 Å². The van der Waals surface area contributed by atoms with Crippen molar-refractivity contribution < 1.29 is 13.2 Å². The van der Waals surface area contributed by atoms with E-state index in [0.29, 0.717) is 5.69 Å². The number of halogens is 3. The predicted molar refractivity (Wildman–Crippen MR) is 64.8 cm³/mol. The summed E-state index contributed by atoms with van der Waals surface area (Å²) in [5.41, 5.74) is 1.19. The second-order valence-electron chi connectivity index (χ2n) is 4.05. The Morgan fingerprint density at radius 3 is 2.39 bits per heavy atom. The lowest BCUT2D eigenvalue weighted by Crippen LogP contribution is -2.07. The van der Waals surface area contributed by atoms with Crippen LogP contribution in [-0.4, -0.2) is 0 Å². The highest BCUT2D eigenvalue weighted by molar-refractivity contribution is 5.45. The summed E-state index contributed by atoms with van der Waals surface area (Å²) < 4.78 is 38.8. The molecule has 0 fully saturated rings. The summed E-state index contributed by atoms with van der Waals surface area (Å²) >= 11 is 0. The first-order chi connectivity index (χ1) is 8.56. The fraction of sp³-hybridized carbons (Fsp3) is 0.143. The average Bonchev–Trinajstić information content (AvgIpc) is 2.34. The predicted octanol–water partition coefficient (Wildman–Crippen LogP) is 4.28. The van der Waals surface area contributed by atoms with Crippen LogP contribution in [0.1, 0.15) is 18.5 Å². The van der Waals surface area contributed by atoms with Gasteiger partial charge in [0.1, 0.15) is 5.82 Å². The Bertz CT molecular complexity index is 554. The molecule has 0 bridgehead atoms. The molecule has 2 aromatic rings. The first-order valence-electron chi connectivity index (χ1n) is 5.53. The molecule has 0 amide bonds. The van der Waals surface area contributed by atoms with E-state index in [0.717, 1.165) is 17.7 Å². The van der Waals surface area contributed by atoms with Crippen LogP contribution in [0.25, 0.3) is 0 Å². The molecule has 0 radical (unpaired) electrons. The van der Waals surface area contributed by atoms with E-state index in [4.69, 9.17) is 0 Å². The maximum absolute atomic E-state index is 13.0. The first kappa shape index (κ1) is 12.5. The molecule has 0 heterocycles. The zero-order valence-corrected chi connectivity index (χ0v) is 9.75. The van der Waals surface area contributed by atoms with Crippen LogP contribution in [0.15, 0.2) is 42.5 Å². The van der Waals surface area contributed by atoms with Crippen LogP contribution < -0.4 is 5.32 Å². The molecule has 0 saturated carbocycles. The van der Waals surface area contributed by atoms with Crippen molar-refractivity contribution in [1.82, 2.24) is 0 Å². The maximum atomic E-state index is 13.0. The molecule has 1 unspecified atom stereocenters. The number of hydrogen-bond acceptors (Lipinski definition) is 1. The summed E-state index contributed by atoms with van der Waals surface area (Å²) in [5, 5.41) is 2.98. The molecular formula is C14H12F3N. The lowest BCUT2D eigenvalue weighted by molar-refractivity contribution is 0.509. The summed E-state index contributed by atoms with van der Waals surface area (Å²) in [4.78, 5) is 0. The average molecular weight is 251 g/mol. The second-order valence-corrected chi connectivity index (χ2v) is 4.05. The third-order valence-electron chi connectivity index (χ3n) is 2.65. The van der Waals surface area contributed by atoms with Gasteiger partial charge in [0.2, 0.25) is 0 Å². The van der Waals surface area contributed by atoms with Gasteiger partial charge in [-0.1, -0.05) is 12.1 Å². The molecule has 2 rings (SSSR count). The highest BCUT2D eigenvalue weighted by Crippen LogP contribution is 2.21. The van der Waals surface area contributed by atoms with Crippen LogP contribution in [0.2, 0.25) is 0 Å². The lowest BCUT2D eigenvalue weighted by atomic mass is 10.1. The molecule has 4 heteroatoms. The van der Waals surface area contributed by atoms with E-state index in [1.807, 2.05) is 6.92 Å². The minimum Gasteiger partial charge on any atom is -0.378 e. The van der Waals surface area contributed by atoms with Gasteiger partial charge in [-0.15, -0.1) is 0 Å². The van der Waals surface area contributed by atoms with Crippen molar-refractivity contribution in [1.29, 1.82) is 0 Å². The van der Waals surface area contributed by atoms with Crippen molar-refractivity contribution in [3.63, 3.8) is 0 Å². The zero-order chi connectivity index (χ0) is 13.1. The number of rotatable bonds is 3. The van der Waals surface area contributed by atoms with Crippen molar-refractivity contribution in [2.24, 2.45) is 0 Å². The highest BCUT2D eigenvalue weighted by atomic mass is 19.2. The van der Waals surface area contributed by atoms with E-state index in [1.165, 1.54) is 18.2 Å². The monoisotopic (exact) mass is 251 g/mol. The van der Waals surface area contributed by atoms with Crippen molar-refractivity contribution in [2.75, 3.05) is 5.32 Å². The standard InChI is InChI=1S/C14H12F3N/c1-9(10-3-2-4-11(15)7-10)18-12-5-6-13(16)14(17)8-12/h2-9,18H,1H3. The summed E-state index contributed by atoms with van der Waals surface area (Å²) in [5.74, 6) is -2.13. The van der Waals surface area contributed by atoms with Crippen LogP contribution in [0.4, 0.5) is 18.9 Å². The topological polar surface area (TPSA) is 12.0 Å². The maximum Gasteiger partial charge on any atom is 0.160 e. The third kappa shape index (κ3) is 2.83. The fourth-order valence-corrected chi connectivity index (χ4v) is 1.70. The number of benzene rings is 2. The van der Waals surface area contributed by atoms with Gasteiger partial charge in [-0.3, -0.25) is 0 Å². The van der Waals surface area contributed by atoms with Crippen LogP contribution in [0.3, 0.4) is 0 Å². The van der Waals surface area contributed by atoms with Gasteiger partial charge in [-0.05, 0) is 36.8 Å². The summed E-state index contributed by atoms with van der Waals surface area (Å²) in [7, 11) is 0. The first-order valence-corrected chi connectivity index (χ1v) is 5.53. The van der Waals surface area contributed by atoms with Crippen molar-refractivity contribution in [3.8, 4) is 0 Å². The molecule has 18 heavy (non-hydrogen) atoms. The smallest absolute Gasteiger partial charge is 0.160 e. The minimum atomic E-state index is -0.911. The molecule has 0 spiro atoms. The molecule has 2 aromatic carbocycles.